The molecule has 0 aliphatic heterocycles. The van der Waals surface area contributed by atoms with Crippen molar-refractivity contribution in [2.24, 2.45) is 18.4 Å². The Morgan fingerprint density at radius 2 is 2.42 bits per heavy atom. The number of nitrogens with zero attached hydrogens (tertiary/aromatic N) is 2. The van der Waals surface area contributed by atoms with Crippen LogP contribution in [0.1, 0.15) is 51.3 Å². The van der Waals surface area contributed by atoms with Gasteiger partial charge in [0.15, 0.2) is 0 Å². The van der Waals surface area contributed by atoms with Gasteiger partial charge in [-0.3, -0.25) is 4.79 Å². The minimum atomic E-state index is -0.611. The van der Waals surface area contributed by atoms with Crippen LogP contribution in [0.25, 0.3) is 0 Å². The van der Waals surface area contributed by atoms with E-state index >= 15 is 0 Å². The van der Waals surface area contributed by atoms with E-state index in [0.29, 0.717) is 12.3 Å². The molecule has 2 atom stereocenters. The molecule has 1 saturated carbocycles. The van der Waals surface area contributed by atoms with E-state index in [2.05, 4.69) is 11.9 Å². The maximum Gasteiger partial charge on any atom is 0.309 e. The first-order valence-electron chi connectivity index (χ1n) is 7.27. The van der Waals surface area contributed by atoms with Crippen molar-refractivity contribution in [1.29, 1.82) is 0 Å². The zero-order valence-electron chi connectivity index (χ0n) is 11.9. The van der Waals surface area contributed by atoms with Gasteiger partial charge in [0.1, 0.15) is 5.82 Å². The van der Waals surface area contributed by atoms with Crippen LogP contribution >= 0.6 is 0 Å². The van der Waals surface area contributed by atoms with Crippen molar-refractivity contribution >= 4 is 5.97 Å². The van der Waals surface area contributed by atoms with Crippen LogP contribution < -0.4 is 0 Å². The van der Waals surface area contributed by atoms with Gasteiger partial charge in [0.25, 0.3) is 0 Å². The quantitative estimate of drug-likeness (QED) is 0.889. The molecule has 1 aromatic rings. The molecule has 0 radical (unpaired) electrons. The second-order valence-electron chi connectivity index (χ2n) is 5.91. The van der Waals surface area contributed by atoms with Gasteiger partial charge in [-0.2, -0.15) is 0 Å². The summed E-state index contributed by atoms with van der Waals surface area (Å²) in [6.45, 7) is 2.17. The molecular weight excluding hydrogens is 240 g/mol. The largest absolute Gasteiger partial charge is 0.481 e. The minimum Gasteiger partial charge on any atom is -0.481 e. The Morgan fingerprint density at radius 1 is 1.63 bits per heavy atom. The van der Waals surface area contributed by atoms with Crippen molar-refractivity contribution in [2.45, 2.75) is 51.9 Å². The summed E-state index contributed by atoms with van der Waals surface area (Å²) in [4.78, 5) is 16.1. The second-order valence-corrected chi connectivity index (χ2v) is 5.91. The zero-order chi connectivity index (χ0) is 13.9. The lowest BCUT2D eigenvalue weighted by atomic mass is 9.66. The number of aryl methyl sites for hydroxylation is 2. The lowest BCUT2D eigenvalue weighted by Crippen LogP contribution is -2.37. The molecule has 0 bridgehead atoms. The van der Waals surface area contributed by atoms with Crippen molar-refractivity contribution in [3.05, 3.63) is 18.2 Å². The van der Waals surface area contributed by atoms with Crippen LogP contribution in [-0.2, 0) is 18.3 Å². The highest BCUT2D eigenvalue weighted by atomic mass is 16.4. The highest BCUT2D eigenvalue weighted by molar-refractivity contribution is 5.74. The predicted octanol–water partition coefficient (Wildman–Crippen LogP) is 3.02. The molecule has 4 heteroatoms. The maximum atomic E-state index is 11.8. The average molecular weight is 264 g/mol. The fraction of sp³-hybridized carbons (Fsp3) is 0.733. The number of aliphatic carboxylic acids is 1. The van der Waals surface area contributed by atoms with Gasteiger partial charge < -0.3 is 9.67 Å². The third-order valence-corrected chi connectivity index (χ3v) is 4.73. The normalized spacial score (nSPS) is 27.4. The first kappa shape index (κ1) is 14.1. The van der Waals surface area contributed by atoms with Gasteiger partial charge in [0.2, 0.25) is 0 Å². The van der Waals surface area contributed by atoms with Crippen LogP contribution in [0.2, 0.25) is 0 Å². The molecule has 1 aromatic heterocycles. The summed E-state index contributed by atoms with van der Waals surface area (Å²) in [6.07, 6.45) is 10.1. The summed E-state index contributed by atoms with van der Waals surface area (Å²) < 4.78 is 1.98. The lowest BCUT2D eigenvalue weighted by molar-refractivity contribution is -0.152. The number of rotatable bonds is 5. The molecule has 0 aromatic carbocycles. The van der Waals surface area contributed by atoms with E-state index in [1.807, 2.05) is 17.8 Å². The Hall–Kier alpha value is -1.32. The predicted molar refractivity (Wildman–Crippen MR) is 73.8 cm³/mol. The molecule has 2 rings (SSSR count). The van der Waals surface area contributed by atoms with Gasteiger partial charge in [-0.05, 0) is 25.2 Å². The number of aromatic nitrogens is 2. The molecular formula is C15H24N2O2. The van der Waals surface area contributed by atoms with Crippen LogP contribution in [0, 0.1) is 11.3 Å². The first-order valence-corrected chi connectivity index (χ1v) is 7.27. The van der Waals surface area contributed by atoms with E-state index < -0.39 is 11.4 Å². The number of carbonyl (C=O) groups is 1. The molecule has 0 spiro atoms. The molecule has 1 aliphatic rings. The topological polar surface area (TPSA) is 55.1 Å². The number of carboxylic acid groups (broad SMARTS) is 1. The molecule has 1 heterocycles. The Labute approximate surface area is 114 Å². The fourth-order valence-electron chi connectivity index (χ4n) is 3.35. The molecule has 1 fully saturated rings. The second kappa shape index (κ2) is 5.76. The van der Waals surface area contributed by atoms with Gasteiger partial charge in [0.05, 0.1) is 5.41 Å². The summed E-state index contributed by atoms with van der Waals surface area (Å²) in [6, 6.07) is 0. The molecule has 1 aliphatic carbocycles. The fourth-order valence-corrected chi connectivity index (χ4v) is 3.35. The number of imidazole rings is 1. The molecule has 0 saturated heterocycles. The van der Waals surface area contributed by atoms with Crippen LogP contribution in [0.4, 0.5) is 0 Å². The Kier molecular flexibility index (Phi) is 4.27. The van der Waals surface area contributed by atoms with E-state index in [0.717, 1.165) is 37.9 Å². The number of hydrogen-bond acceptors (Lipinski definition) is 2. The summed E-state index contributed by atoms with van der Waals surface area (Å²) in [5, 5.41) is 9.67. The van der Waals surface area contributed by atoms with E-state index in [1.165, 1.54) is 6.42 Å². The Balaban J connectivity index is 2.07. The van der Waals surface area contributed by atoms with Gasteiger partial charge in [-0.1, -0.05) is 26.2 Å². The number of hydrogen-bond donors (Lipinski definition) is 1. The van der Waals surface area contributed by atoms with Crippen molar-refractivity contribution < 1.29 is 9.90 Å². The van der Waals surface area contributed by atoms with Crippen molar-refractivity contribution in [1.82, 2.24) is 9.55 Å². The molecule has 0 amide bonds. The Morgan fingerprint density at radius 3 is 3.00 bits per heavy atom. The van der Waals surface area contributed by atoms with E-state index in [4.69, 9.17) is 0 Å². The van der Waals surface area contributed by atoms with Gasteiger partial charge in [0, 0.05) is 25.9 Å². The van der Waals surface area contributed by atoms with E-state index in [1.54, 1.807) is 6.20 Å². The molecule has 19 heavy (non-hydrogen) atoms. The summed E-state index contributed by atoms with van der Waals surface area (Å²) in [5.41, 5.74) is -0.523. The van der Waals surface area contributed by atoms with Gasteiger partial charge >= 0.3 is 5.97 Å². The Bertz CT molecular complexity index is 441. The van der Waals surface area contributed by atoms with Gasteiger partial charge in [-0.15, -0.1) is 0 Å². The highest BCUT2D eigenvalue weighted by Crippen LogP contribution is 2.44. The SMILES string of the molecule is CCC1CCCC(CCc2nccn2C)(C(=O)O)C1. The molecule has 2 unspecified atom stereocenters. The lowest BCUT2D eigenvalue weighted by Gasteiger charge is -2.37. The van der Waals surface area contributed by atoms with Crippen molar-refractivity contribution in [3.8, 4) is 0 Å². The summed E-state index contributed by atoms with van der Waals surface area (Å²) in [5.74, 6) is 0.949. The first-order chi connectivity index (χ1) is 9.07. The van der Waals surface area contributed by atoms with Crippen molar-refractivity contribution in [3.63, 3.8) is 0 Å². The standard InChI is InChI=1S/C15H24N2O2/c1-3-12-5-4-7-15(11-12,14(18)19)8-6-13-16-9-10-17(13)2/h9-10,12H,3-8,11H2,1-2H3,(H,18,19). The average Bonchev–Trinajstić information content (AvgIpc) is 2.82. The van der Waals surface area contributed by atoms with Crippen LogP contribution in [0.5, 0.6) is 0 Å². The maximum absolute atomic E-state index is 11.8. The third-order valence-electron chi connectivity index (χ3n) is 4.73. The zero-order valence-corrected chi connectivity index (χ0v) is 11.9. The minimum absolute atomic E-state index is 0.523. The monoisotopic (exact) mass is 264 g/mol. The van der Waals surface area contributed by atoms with Crippen molar-refractivity contribution in [2.75, 3.05) is 0 Å². The van der Waals surface area contributed by atoms with Gasteiger partial charge in [-0.25, -0.2) is 4.98 Å². The smallest absolute Gasteiger partial charge is 0.309 e. The highest BCUT2D eigenvalue weighted by Gasteiger charge is 2.42. The van der Waals surface area contributed by atoms with Crippen LogP contribution in [0.15, 0.2) is 12.4 Å². The van der Waals surface area contributed by atoms with E-state index in [9.17, 15) is 9.90 Å². The summed E-state index contributed by atoms with van der Waals surface area (Å²) >= 11 is 0. The van der Waals surface area contributed by atoms with Crippen LogP contribution in [0.3, 0.4) is 0 Å². The molecule has 1 N–H and O–H groups in total. The van der Waals surface area contributed by atoms with Crippen LogP contribution in [-0.4, -0.2) is 20.6 Å². The molecule has 4 nitrogen and oxygen atoms in total. The summed E-state index contributed by atoms with van der Waals surface area (Å²) in [7, 11) is 1.96. The third kappa shape index (κ3) is 2.99. The van der Waals surface area contributed by atoms with E-state index in [-0.39, 0.29) is 0 Å². The molecule has 106 valence electrons. The number of carboxylic acids is 1.